The van der Waals surface area contributed by atoms with Gasteiger partial charge in [0.05, 0.1) is 17.3 Å². The molecule has 0 aliphatic carbocycles. The predicted molar refractivity (Wildman–Crippen MR) is 72.0 cm³/mol. The van der Waals surface area contributed by atoms with Gasteiger partial charge in [0, 0.05) is 13.1 Å². The lowest BCUT2D eigenvalue weighted by Gasteiger charge is -2.03. The molecular weight excluding hydrogens is 284 g/mol. The monoisotopic (exact) mass is 298 g/mol. The van der Waals surface area contributed by atoms with Gasteiger partial charge in [-0.3, -0.25) is 0 Å². The summed E-state index contributed by atoms with van der Waals surface area (Å²) in [5, 5.41) is 16.7. The first kappa shape index (κ1) is 14.4. The Bertz CT molecular complexity index is 738. The minimum atomic E-state index is -3.18. The van der Waals surface area contributed by atoms with Crippen LogP contribution in [0.15, 0.2) is 18.2 Å². The molecule has 1 aromatic heterocycles. The molecule has 9 heteroatoms. The zero-order chi connectivity index (χ0) is 14.8. The highest BCUT2D eigenvalue weighted by atomic mass is 32.2. The molecular formula is C11H14N4O4S. The number of hydrogen-bond donors (Lipinski definition) is 2. The van der Waals surface area contributed by atoms with Gasteiger partial charge in [-0.15, -0.1) is 5.10 Å². The molecule has 0 spiro atoms. The van der Waals surface area contributed by atoms with E-state index >= 15 is 0 Å². The van der Waals surface area contributed by atoms with Crippen LogP contribution in [0.3, 0.4) is 0 Å². The number of carboxylic acids is 1. The van der Waals surface area contributed by atoms with Gasteiger partial charge in [-0.25, -0.2) is 22.6 Å². The fourth-order valence-electron chi connectivity index (χ4n) is 1.76. The van der Waals surface area contributed by atoms with E-state index < -0.39 is 16.0 Å². The maximum atomic E-state index is 10.9. The van der Waals surface area contributed by atoms with Crippen LogP contribution in [0.5, 0.6) is 0 Å². The number of nitrogens with one attached hydrogen (secondary N) is 1. The Labute approximate surface area is 115 Å². The van der Waals surface area contributed by atoms with E-state index in [0.29, 0.717) is 30.5 Å². The number of aromatic nitrogens is 3. The quantitative estimate of drug-likeness (QED) is 0.729. The largest absolute Gasteiger partial charge is 0.478 e. The molecule has 0 amide bonds. The second kappa shape index (κ2) is 5.55. The van der Waals surface area contributed by atoms with Crippen molar-refractivity contribution in [1.29, 1.82) is 0 Å². The molecule has 0 radical (unpaired) electrons. The van der Waals surface area contributed by atoms with Crippen molar-refractivity contribution in [2.45, 2.75) is 13.0 Å². The number of aromatic carboxylic acids is 1. The molecule has 20 heavy (non-hydrogen) atoms. The summed E-state index contributed by atoms with van der Waals surface area (Å²) in [5.74, 6) is -1.01. The van der Waals surface area contributed by atoms with Crippen molar-refractivity contribution < 1.29 is 18.3 Å². The van der Waals surface area contributed by atoms with Crippen molar-refractivity contribution in [3.63, 3.8) is 0 Å². The third-order valence-electron chi connectivity index (χ3n) is 2.67. The molecule has 1 aromatic carbocycles. The van der Waals surface area contributed by atoms with Gasteiger partial charge >= 0.3 is 5.97 Å². The fraction of sp³-hybridized carbons (Fsp3) is 0.364. The Morgan fingerprint density at radius 1 is 1.45 bits per heavy atom. The van der Waals surface area contributed by atoms with Crippen molar-refractivity contribution in [3.05, 3.63) is 23.8 Å². The number of sulfonamides is 1. The Hall–Kier alpha value is -2.00. The van der Waals surface area contributed by atoms with Crippen LogP contribution in [0, 0.1) is 0 Å². The van der Waals surface area contributed by atoms with E-state index in [1.165, 1.54) is 12.1 Å². The average Bonchev–Trinajstić information content (AvgIpc) is 2.76. The summed E-state index contributed by atoms with van der Waals surface area (Å²) < 4.78 is 25.8. The number of aryl methyl sites for hydroxylation is 1. The van der Waals surface area contributed by atoms with E-state index in [4.69, 9.17) is 5.11 Å². The number of fused-ring (bicyclic) bond motifs is 1. The highest BCUT2D eigenvalue weighted by molar-refractivity contribution is 7.88. The van der Waals surface area contributed by atoms with Crippen LogP contribution in [0.4, 0.5) is 0 Å². The SMILES string of the molecule is CS(=O)(=O)NCCCn1nnc2cc(C(=O)O)ccc21. The summed E-state index contributed by atoms with van der Waals surface area (Å²) in [4.78, 5) is 10.8. The average molecular weight is 298 g/mol. The third kappa shape index (κ3) is 3.52. The van der Waals surface area contributed by atoms with Crippen molar-refractivity contribution in [2.24, 2.45) is 0 Å². The van der Waals surface area contributed by atoms with Gasteiger partial charge in [0.25, 0.3) is 0 Å². The zero-order valence-corrected chi connectivity index (χ0v) is 11.6. The lowest BCUT2D eigenvalue weighted by Crippen LogP contribution is -2.24. The first-order valence-corrected chi connectivity index (χ1v) is 7.77. The maximum Gasteiger partial charge on any atom is 0.335 e. The van der Waals surface area contributed by atoms with Gasteiger partial charge < -0.3 is 5.11 Å². The highest BCUT2D eigenvalue weighted by Gasteiger charge is 2.09. The van der Waals surface area contributed by atoms with Crippen LogP contribution < -0.4 is 4.72 Å². The summed E-state index contributed by atoms with van der Waals surface area (Å²) in [6.07, 6.45) is 1.66. The molecule has 8 nitrogen and oxygen atoms in total. The Balaban J connectivity index is 2.06. The number of nitrogens with zero attached hydrogens (tertiary/aromatic N) is 3. The van der Waals surface area contributed by atoms with Crippen molar-refractivity contribution in [2.75, 3.05) is 12.8 Å². The standard InChI is InChI=1S/C11H14N4O4S/c1-20(18,19)12-5-2-6-15-10-4-3-8(11(16)17)7-9(10)13-14-15/h3-4,7,12H,2,5-6H2,1H3,(H,16,17). The lowest BCUT2D eigenvalue weighted by molar-refractivity contribution is 0.0697. The Kier molecular flexibility index (Phi) is 4.00. The summed E-state index contributed by atoms with van der Waals surface area (Å²) in [6, 6.07) is 4.58. The molecule has 0 fully saturated rings. The number of rotatable bonds is 6. The van der Waals surface area contributed by atoms with Gasteiger partial charge in [-0.1, -0.05) is 5.21 Å². The number of carboxylic acid groups (broad SMARTS) is 1. The van der Waals surface area contributed by atoms with E-state index in [1.807, 2.05) is 0 Å². The van der Waals surface area contributed by atoms with Crippen LogP contribution in [-0.2, 0) is 16.6 Å². The minimum Gasteiger partial charge on any atom is -0.478 e. The van der Waals surface area contributed by atoms with E-state index in [1.54, 1.807) is 10.7 Å². The smallest absolute Gasteiger partial charge is 0.335 e. The van der Waals surface area contributed by atoms with Gasteiger partial charge in [-0.05, 0) is 24.6 Å². The summed E-state index contributed by atoms with van der Waals surface area (Å²) in [6.45, 7) is 0.804. The molecule has 0 saturated heterocycles. The molecule has 0 atom stereocenters. The Morgan fingerprint density at radius 3 is 2.85 bits per heavy atom. The van der Waals surface area contributed by atoms with E-state index in [0.717, 1.165) is 6.26 Å². The molecule has 0 unspecified atom stereocenters. The summed E-state index contributed by atoms with van der Waals surface area (Å²) in [5.41, 5.74) is 1.37. The zero-order valence-electron chi connectivity index (χ0n) is 10.8. The summed E-state index contributed by atoms with van der Waals surface area (Å²) >= 11 is 0. The topological polar surface area (TPSA) is 114 Å². The van der Waals surface area contributed by atoms with Gasteiger partial charge in [-0.2, -0.15) is 0 Å². The number of carbonyl (C=O) groups is 1. The van der Waals surface area contributed by atoms with E-state index in [9.17, 15) is 13.2 Å². The molecule has 0 aliphatic rings. The van der Waals surface area contributed by atoms with Gasteiger partial charge in [0.15, 0.2) is 0 Å². The second-order valence-electron chi connectivity index (χ2n) is 4.34. The molecule has 1 heterocycles. The van der Waals surface area contributed by atoms with E-state index in [-0.39, 0.29) is 5.56 Å². The maximum absolute atomic E-state index is 10.9. The minimum absolute atomic E-state index is 0.156. The molecule has 2 rings (SSSR count). The third-order valence-corrected chi connectivity index (χ3v) is 3.40. The normalized spacial score (nSPS) is 11.8. The lowest BCUT2D eigenvalue weighted by atomic mass is 10.2. The van der Waals surface area contributed by atoms with Crippen LogP contribution in [0.25, 0.3) is 11.0 Å². The first-order valence-electron chi connectivity index (χ1n) is 5.88. The molecule has 0 bridgehead atoms. The van der Waals surface area contributed by atoms with Gasteiger partial charge in [0.1, 0.15) is 5.52 Å². The van der Waals surface area contributed by atoms with Crippen molar-refractivity contribution in [1.82, 2.24) is 19.7 Å². The first-order chi connectivity index (χ1) is 9.37. The fourth-order valence-corrected chi connectivity index (χ4v) is 2.27. The van der Waals surface area contributed by atoms with Crippen LogP contribution in [0.2, 0.25) is 0 Å². The molecule has 2 aromatic rings. The highest BCUT2D eigenvalue weighted by Crippen LogP contribution is 2.13. The molecule has 0 aliphatic heterocycles. The Morgan fingerprint density at radius 2 is 2.20 bits per heavy atom. The summed E-state index contributed by atoms with van der Waals surface area (Å²) in [7, 11) is -3.18. The van der Waals surface area contributed by atoms with Gasteiger partial charge in [0.2, 0.25) is 10.0 Å². The molecule has 0 saturated carbocycles. The van der Waals surface area contributed by atoms with Crippen LogP contribution >= 0.6 is 0 Å². The molecule has 2 N–H and O–H groups in total. The van der Waals surface area contributed by atoms with Crippen molar-refractivity contribution >= 4 is 27.0 Å². The van der Waals surface area contributed by atoms with Crippen LogP contribution in [0.1, 0.15) is 16.8 Å². The number of hydrogen-bond acceptors (Lipinski definition) is 5. The van der Waals surface area contributed by atoms with Crippen LogP contribution in [-0.4, -0.2) is 47.3 Å². The second-order valence-corrected chi connectivity index (χ2v) is 6.17. The van der Waals surface area contributed by atoms with E-state index in [2.05, 4.69) is 15.0 Å². The number of benzene rings is 1. The molecule has 108 valence electrons. The predicted octanol–water partition coefficient (Wildman–Crippen LogP) is 0.0688. The van der Waals surface area contributed by atoms with Crippen molar-refractivity contribution in [3.8, 4) is 0 Å².